The molecule has 0 heterocycles. The normalized spacial score (nSPS) is 10.1. The third-order valence-electron chi connectivity index (χ3n) is 3.15. The van der Waals surface area contributed by atoms with Crippen molar-refractivity contribution < 1.29 is 14.3 Å². The summed E-state index contributed by atoms with van der Waals surface area (Å²) >= 11 is 0. The summed E-state index contributed by atoms with van der Waals surface area (Å²) in [7, 11) is 0. The van der Waals surface area contributed by atoms with Crippen LogP contribution in [0.15, 0.2) is 24.8 Å². The molecule has 0 aliphatic carbocycles. The molecule has 0 aliphatic rings. The van der Waals surface area contributed by atoms with Gasteiger partial charge in [-0.1, -0.05) is 23.8 Å². The van der Waals surface area contributed by atoms with Gasteiger partial charge in [0, 0.05) is 12.1 Å². The van der Waals surface area contributed by atoms with Crippen molar-refractivity contribution in [2.24, 2.45) is 0 Å². The average Bonchev–Trinajstić information content (AvgIpc) is 2.37. The van der Waals surface area contributed by atoms with Gasteiger partial charge in [0.05, 0.1) is 6.61 Å². The van der Waals surface area contributed by atoms with Gasteiger partial charge in [-0.2, -0.15) is 0 Å². The Bertz CT molecular complexity index is 526. The molecule has 1 rings (SSSR count). The molecule has 1 amide bonds. The fourth-order valence-electron chi connectivity index (χ4n) is 2.41. The molecule has 0 saturated carbocycles. The summed E-state index contributed by atoms with van der Waals surface area (Å²) in [5.74, 6) is -0.576. The van der Waals surface area contributed by atoms with Crippen LogP contribution in [0.5, 0.6) is 0 Å². The van der Waals surface area contributed by atoms with Crippen LogP contribution < -0.4 is 0 Å². The van der Waals surface area contributed by atoms with Crippen molar-refractivity contribution >= 4 is 11.9 Å². The Morgan fingerprint density at radius 2 is 1.81 bits per heavy atom. The minimum absolute atomic E-state index is 0.0640. The van der Waals surface area contributed by atoms with Crippen molar-refractivity contribution in [1.29, 1.82) is 0 Å². The van der Waals surface area contributed by atoms with E-state index in [2.05, 4.69) is 6.58 Å². The minimum atomic E-state index is -0.407. The summed E-state index contributed by atoms with van der Waals surface area (Å²) in [5, 5.41) is 0. The number of hydrogen-bond acceptors (Lipinski definition) is 3. The lowest BCUT2D eigenvalue weighted by Gasteiger charge is -2.22. The fraction of sp³-hybridized carbons (Fsp3) is 0.412. The Morgan fingerprint density at radius 3 is 2.29 bits per heavy atom. The van der Waals surface area contributed by atoms with Crippen molar-refractivity contribution in [3.05, 3.63) is 47.0 Å². The van der Waals surface area contributed by atoms with Crippen LogP contribution in [0, 0.1) is 20.8 Å². The Balaban J connectivity index is 3.06. The molecule has 0 N–H and O–H groups in total. The van der Waals surface area contributed by atoms with Crippen molar-refractivity contribution in [2.75, 3.05) is 19.7 Å². The molecule has 0 saturated heterocycles. The molecule has 1 aromatic rings. The average molecular weight is 289 g/mol. The molecule has 1 aromatic carbocycles. The molecule has 0 fully saturated rings. The predicted molar refractivity (Wildman–Crippen MR) is 83.4 cm³/mol. The second-order valence-electron chi connectivity index (χ2n) is 5.05. The summed E-state index contributed by atoms with van der Waals surface area (Å²) in [6, 6.07) is 3.94. The van der Waals surface area contributed by atoms with Crippen LogP contribution in [-0.2, 0) is 9.53 Å². The van der Waals surface area contributed by atoms with Crippen LogP contribution in [0.4, 0.5) is 0 Å². The van der Waals surface area contributed by atoms with Gasteiger partial charge in [-0.15, -0.1) is 6.58 Å². The molecule has 4 nitrogen and oxygen atoms in total. The number of amides is 1. The Hall–Kier alpha value is -2.10. The fourth-order valence-corrected chi connectivity index (χ4v) is 2.41. The van der Waals surface area contributed by atoms with Crippen LogP contribution in [-0.4, -0.2) is 36.5 Å². The van der Waals surface area contributed by atoms with Gasteiger partial charge < -0.3 is 9.64 Å². The van der Waals surface area contributed by atoms with Crippen molar-refractivity contribution in [2.45, 2.75) is 27.7 Å². The van der Waals surface area contributed by atoms with E-state index in [-0.39, 0.29) is 12.5 Å². The lowest BCUT2D eigenvalue weighted by molar-refractivity contribution is -0.143. The maximum absolute atomic E-state index is 12.7. The summed E-state index contributed by atoms with van der Waals surface area (Å²) in [6.07, 6.45) is 1.61. The molecule has 0 atom stereocenters. The molecule has 0 radical (unpaired) electrons. The van der Waals surface area contributed by atoms with E-state index in [9.17, 15) is 9.59 Å². The molecule has 0 aliphatic heterocycles. The highest BCUT2D eigenvalue weighted by Crippen LogP contribution is 2.18. The first-order chi connectivity index (χ1) is 9.90. The molecule has 21 heavy (non-hydrogen) atoms. The quantitative estimate of drug-likeness (QED) is 0.597. The van der Waals surface area contributed by atoms with Crippen LogP contribution in [0.25, 0.3) is 0 Å². The van der Waals surface area contributed by atoms with Crippen LogP contribution in [0.2, 0.25) is 0 Å². The molecule has 0 bridgehead atoms. The van der Waals surface area contributed by atoms with Gasteiger partial charge >= 0.3 is 5.97 Å². The standard InChI is InChI=1S/C17H23NO3/c1-6-8-18(11-15(19)21-7-2)17(20)16-13(4)9-12(3)10-14(16)5/h6,9-10H,1,7-8,11H2,2-5H3. The first-order valence-electron chi connectivity index (χ1n) is 7.04. The van der Waals surface area contributed by atoms with Gasteiger partial charge in [-0.3, -0.25) is 9.59 Å². The Labute approximate surface area is 126 Å². The first-order valence-corrected chi connectivity index (χ1v) is 7.04. The van der Waals surface area contributed by atoms with Gasteiger partial charge in [-0.05, 0) is 38.8 Å². The van der Waals surface area contributed by atoms with Gasteiger partial charge in [0.25, 0.3) is 5.91 Å². The zero-order valence-electron chi connectivity index (χ0n) is 13.2. The lowest BCUT2D eigenvalue weighted by atomic mass is 9.98. The number of esters is 1. The largest absolute Gasteiger partial charge is 0.465 e. The smallest absolute Gasteiger partial charge is 0.325 e. The van der Waals surface area contributed by atoms with Gasteiger partial charge in [0.15, 0.2) is 0 Å². The number of aryl methyl sites for hydroxylation is 3. The van der Waals surface area contributed by atoms with E-state index in [1.54, 1.807) is 13.0 Å². The number of ether oxygens (including phenoxy) is 1. The summed E-state index contributed by atoms with van der Waals surface area (Å²) in [6.45, 7) is 11.7. The van der Waals surface area contributed by atoms with E-state index >= 15 is 0 Å². The minimum Gasteiger partial charge on any atom is -0.465 e. The summed E-state index contributed by atoms with van der Waals surface area (Å²) in [5.41, 5.74) is 3.58. The molecule has 0 unspecified atom stereocenters. The second-order valence-corrected chi connectivity index (χ2v) is 5.05. The first kappa shape index (κ1) is 17.0. The van der Waals surface area contributed by atoms with Crippen LogP contribution in [0.3, 0.4) is 0 Å². The summed E-state index contributed by atoms with van der Waals surface area (Å²) in [4.78, 5) is 25.8. The van der Waals surface area contributed by atoms with Gasteiger partial charge in [0.1, 0.15) is 6.54 Å². The zero-order chi connectivity index (χ0) is 16.0. The van der Waals surface area contributed by atoms with E-state index < -0.39 is 5.97 Å². The van der Waals surface area contributed by atoms with Crippen LogP contribution >= 0.6 is 0 Å². The van der Waals surface area contributed by atoms with E-state index in [1.165, 1.54) is 4.90 Å². The maximum Gasteiger partial charge on any atom is 0.325 e. The zero-order valence-corrected chi connectivity index (χ0v) is 13.2. The van der Waals surface area contributed by atoms with Crippen molar-refractivity contribution in [3.8, 4) is 0 Å². The molecular weight excluding hydrogens is 266 g/mol. The summed E-state index contributed by atoms with van der Waals surface area (Å²) < 4.78 is 4.92. The topological polar surface area (TPSA) is 46.6 Å². The predicted octanol–water partition coefficient (Wildman–Crippen LogP) is 2.80. The van der Waals surface area contributed by atoms with Crippen LogP contribution in [0.1, 0.15) is 34.0 Å². The van der Waals surface area contributed by atoms with Crippen molar-refractivity contribution in [1.82, 2.24) is 4.90 Å². The molecule has 0 aromatic heterocycles. The van der Waals surface area contributed by atoms with Gasteiger partial charge in [-0.25, -0.2) is 0 Å². The number of carbonyl (C=O) groups is 2. The van der Waals surface area contributed by atoms with Crippen molar-refractivity contribution in [3.63, 3.8) is 0 Å². The molecule has 114 valence electrons. The number of nitrogens with zero attached hydrogens (tertiary/aromatic N) is 1. The SMILES string of the molecule is C=CCN(CC(=O)OCC)C(=O)c1c(C)cc(C)cc1C. The number of hydrogen-bond donors (Lipinski definition) is 0. The molecular formula is C17H23NO3. The van der Waals surface area contributed by atoms with E-state index in [1.807, 2.05) is 32.9 Å². The Morgan fingerprint density at radius 1 is 1.24 bits per heavy atom. The number of rotatable bonds is 6. The number of carbonyl (C=O) groups excluding carboxylic acids is 2. The third kappa shape index (κ3) is 4.45. The molecule has 0 spiro atoms. The third-order valence-corrected chi connectivity index (χ3v) is 3.15. The van der Waals surface area contributed by atoms with E-state index in [4.69, 9.17) is 4.74 Å². The Kier molecular flexibility index (Phi) is 6.15. The second kappa shape index (κ2) is 7.62. The van der Waals surface area contributed by atoms with E-state index in [0.29, 0.717) is 18.7 Å². The monoisotopic (exact) mass is 289 g/mol. The highest BCUT2D eigenvalue weighted by Gasteiger charge is 2.21. The lowest BCUT2D eigenvalue weighted by Crippen LogP contribution is -2.37. The highest BCUT2D eigenvalue weighted by molar-refractivity contribution is 5.98. The highest BCUT2D eigenvalue weighted by atomic mass is 16.5. The van der Waals surface area contributed by atoms with E-state index in [0.717, 1.165) is 16.7 Å². The van der Waals surface area contributed by atoms with Gasteiger partial charge in [0.2, 0.25) is 0 Å². The maximum atomic E-state index is 12.7. The molecule has 4 heteroatoms. The number of benzene rings is 1.